The second-order valence-electron chi connectivity index (χ2n) is 3.74. The summed E-state index contributed by atoms with van der Waals surface area (Å²) >= 11 is 0. The summed E-state index contributed by atoms with van der Waals surface area (Å²) in [6.07, 6.45) is 0.241. The molecule has 96 valence electrons. The molecule has 0 saturated carbocycles. The summed E-state index contributed by atoms with van der Waals surface area (Å²) in [5, 5.41) is 13.5. The van der Waals surface area contributed by atoms with Crippen molar-refractivity contribution in [3.05, 3.63) is 0 Å². The third-order valence-corrected chi connectivity index (χ3v) is 2.27. The normalized spacial score (nSPS) is 20.6. The Balaban J connectivity index is 2.40. The second kappa shape index (κ2) is 6.04. The number of hydrogen-bond donors (Lipinski definition) is 4. The van der Waals surface area contributed by atoms with Crippen LogP contribution in [0.5, 0.6) is 0 Å². The maximum absolute atomic E-state index is 11.4. The summed E-state index contributed by atoms with van der Waals surface area (Å²) in [7, 11) is 0. The first-order chi connectivity index (χ1) is 7.99. The molecule has 8 heteroatoms. The predicted molar refractivity (Wildman–Crippen MR) is 56.1 cm³/mol. The number of carboxylic acid groups (broad SMARTS) is 1. The Morgan fingerprint density at radius 3 is 2.65 bits per heavy atom. The molecule has 1 fully saturated rings. The summed E-state index contributed by atoms with van der Waals surface area (Å²) in [5.41, 5.74) is 4.88. The first-order valence-corrected chi connectivity index (χ1v) is 5.15. The van der Waals surface area contributed by atoms with Crippen LogP contribution in [-0.4, -0.2) is 48.3 Å². The Hall–Kier alpha value is -1.83. The van der Waals surface area contributed by atoms with Gasteiger partial charge in [0.15, 0.2) is 0 Å². The van der Waals surface area contributed by atoms with Crippen molar-refractivity contribution in [1.82, 2.24) is 10.6 Å². The molecule has 0 aromatic rings. The molecular formula is C9H15N3O5. The van der Waals surface area contributed by atoms with Crippen molar-refractivity contribution in [2.24, 2.45) is 5.73 Å². The van der Waals surface area contributed by atoms with Crippen molar-refractivity contribution < 1.29 is 24.2 Å². The number of urea groups is 1. The van der Waals surface area contributed by atoms with Gasteiger partial charge >= 0.3 is 12.0 Å². The van der Waals surface area contributed by atoms with E-state index in [2.05, 4.69) is 10.6 Å². The van der Waals surface area contributed by atoms with Crippen LogP contribution < -0.4 is 16.4 Å². The number of primary amides is 1. The summed E-state index contributed by atoms with van der Waals surface area (Å²) < 4.78 is 5.04. The molecule has 0 radical (unpaired) electrons. The number of hydrogen-bond acceptors (Lipinski definition) is 4. The standard InChI is InChI=1S/C9H15N3O5/c10-7(13)3-6(8(14)15)12-9(16)11-5-1-2-17-4-5/h5-6H,1-4H2,(H2,10,13)(H,14,15)(H2,11,12,16)/t5?,6-/m0/s1. The van der Waals surface area contributed by atoms with E-state index in [9.17, 15) is 14.4 Å². The Morgan fingerprint density at radius 1 is 1.47 bits per heavy atom. The van der Waals surface area contributed by atoms with Crippen LogP contribution in [0.2, 0.25) is 0 Å². The lowest BCUT2D eigenvalue weighted by Crippen LogP contribution is -2.50. The van der Waals surface area contributed by atoms with Gasteiger partial charge < -0.3 is 26.2 Å². The Kier molecular flexibility index (Phi) is 4.70. The van der Waals surface area contributed by atoms with E-state index >= 15 is 0 Å². The fourth-order valence-corrected chi connectivity index (χ4v) is 1.43. The third-order valence-electron chi connectivity index (χ3n) is 2.27. The monoisotopic (exact) mass is 245 g/mol. The van der Waals surface area contributed by atoms with Crippen LogP contribution in [0.15, 0.2) is 0 Å². The van der Waals surface area contributed by atoms with E-state index in [1.807, 2.05) is 0 Å². The molecule has 0 aliphatic carbocycles. The van der Waals surface area contributed by atoms with Gasteiger partial charge in [-0.2, -0.15) is 0 Å². The van der Waals surface area contributed by atoms with Gasteiger partial charge in [0.25, 0.3) is 0 Å². The van der Waals surface area contributed by atoms with E-state index in [-0.39, 0.29) is 6.04 Å². The smallest absolute Gasteiger partial charge is 0.326 e. The fraction of sp³-hybridized carbons (Fsp3) is 0.667. The predicted octanol–water partition coefficient (Wildman–Crippen LogP) is -1.60. The van der Waals surface area contributed by atoms with E-state index < -0.39 is 30.4 Å². The minimum absolute atomic E-state index is 0.127. The highest BCUT2D eigenvalue weighted by molar-refractivity contribution is 5.87. The quantitative estimate of drug-likeness (QED) is 0.463. The van der Waals surface area contributed by atoms with E-state index in [1.54, 1.807) is 0 Å². The summed E-state index contributed by atoms with van der Waals surface area (Å²) in [4.78, 5) is 32.7. The van der Waals surface area contributed by atoms with Gasteiger partial charge in [-0.1, -0.05) is 0 Å². The largest absolute Gasteiger partial charge is 0.480 e. The number of carboxylic acids is 1. The van der Waals surface area contributed by atoms with Gasteiger partial charge in [-0.15, -0.1) is 0 Å². The van der Waals surface area contributed by atoms with Crippen LogP contribution in [0.4, 0.5) is 4.79 Å². The van der Waals surface area contributed by atoms with Gasteiger partial charge in [-0.3, -0.25) is 4.79 Å². The minimum atomic E-state index is -1.31. The van der Waals surface area contributed by atoms with Crippen molar-refractivity contribution >= 4 is 17.9 Å². The Labute approximate surface area is 97.5 Å². The SMILES string of the molecule is NC(=O)C[C@H](NC(=O)NC1CCOC1)C(=O)O. The maximum atomic E-state index is 11.4. The van der Waals surface area contributed by atoms with Crippen molar-refractivity contribution in [1.29, 1.82) is 0 Å². The molecule has 1 aliphatic rings. The molecule has 8 nitrogen and oxygen atoms in total. The van der Waals surface area contributed by atoms with E-state index in [0.29, 0.717) is 19.6 Å². The molecule has 5 N–H and O–H groups in total. The second-order valence-corrected chi connectivity index (χ2v) is 3.74. The molecule has 0 aromatic carbocycles. The van der Waals surface area contributed by atoms with E-state index in [4.69, 9.17) is 15.6 Å². The lowest BCUT2D eigenvalue weighted by Gasteiger charge is -2.16. The minimum Gasteiger partial charge on any atom is -0.480 e. The topological polar surface area (TPSA) is 131 Å². The summed E-state index contributed by atoms with van der Waals surface area (Å²) in [5.74, 6) is -2.09. The number of aliphatic carboxylic acids is 1. The molecule has 0 spiro atoms. The molecule has 1 unspecified atom stereocenters. The molecule has 2 atom stereocenters. The van der Waals surface area contributed by atoms with Gasteiger partial charge in [-0.25, -0.2) is 9.59 Å². The lowest BCUT2D eigenvalue weighted by atomic mass is 10.2. The number of carbonyl (C=O) groups is 3. The maximum Gasteiger partial charge on any atom is 0.326 e. The van der Waals surface area contributed by atoms with Gasteiger partial charge in [0.1, 0.15) is 6.04 Å². The molecule has 17 heavy (non-hydrogen) atoms. The van der Waals surface area contributed by atoms with Crippen molar-refractivity contribution in [3.63, 3.8) is 0 Å². The molecule has 3 amide bonds. The number of ether oxygens (including phenoxy) is 1. The highest BCUT2D eigenvalue weighted by Gasteiger charge is 2.24. The molecule has 1 heterocycles. The average Bonchev–Trinajstić information content (AvgIpc) is 2.68. The van der Waals surface area contributed by atoms with Crippen LogP contribution in [-0.2, 0) is 14.3 Å². The average molecular weight is 245 g/mol. The van der Waals surface area contributed by atoms with Gasteiger partial charge in [-0.05, 0) is 6.42 Å². The van der Waals surface area contributed by atoms with E-state index in [1.165, 1.54) is 0 Å². The Bertz CT molecular complexity index is 314. The van der Waals surface area contributed by atoms with Gasteiger partial charge in [0, 0.05) is 6.61 Å². The van der Waals surface area contributed by atoms with Crippen LogP contribution in [0.25, 0.3) is 0 Å². The Morgan fingerprint density at radius 2 is 2.18 bits per heavy atom. The number of nitrogens with two attached hydrogens (primary N) is 1. The summed E-state index contributed by atoms with van der Waals surface area (Å²) in [6, 6.07) is -2.08. The first-order valence-electron chi connectivity index (χ1n) is 5.15. The molecule has 1 aliphatic heterocycles. The highest BCUT2D eigenvalue weighted by Crippen LogP contribution is 2.03. The first kappa shape index (κ1) is 13.2. The highest BCUT2D eigenvalue weighted by atomic mass is 16.5. The number of amides is 3. The van der Waals surface area contributed by atoms with Crippen molar-refractivity contribution in [2.75, 3.05) is 13.2 Å². The number of nitrogens with one attached hydrogen (secondary N) is 2. The van der Waals surface area contributed by atoms with E-state index in [0.717, 1.165) is 0 Å². The molecule has 1 rings (SSSR count). The fourth-order valence-electron chi connectivity index (χ4n) is 1.43. The third kappa shape index (κ3) is 4.68. The van der Waals surface area contributed by atoms with Gasteiger partial charge in [0.05, 0.1) is 19.1 Å². The summed E-state index contributed by atoms with van der Waals surface area (Å²) in [6.45, 7) is 0.968. The number of rotatable bonds is 5. The molecule has 0 aromatic heterocycles. The number of carbonyl (C=O) groups excluding carboxylic acids is 2. The van der Waals surface area contributed by atoms with Gasteiger partial charge in [0.2, 0.25) is 5.91 Å². The zero-order valence-electron chi connectivity index (χ0n) is 9.14. The van der Waals surface area contributed by atoms with Crippen molar-refractivity contribution in [2.45, 2.75) is 24.9 Å². The molecule has 0 bridgehead atoms. The van der Waals surface area contributed by atoms with Crippen molar-refractivity contribution in [3.8, 4) is 0 Å². The van der Waals surface area contributed by atoms with Crippen LogP contribution in [0.1, 0.15) is 12.8 Å². The van der Waals surface area contributed by atoms with Crippen LogP contribution in [0.3, 0.4) is 0 Å². The zero-order valence-corrected chi connectivity index (χ0v) is 9.14. The van der Waals surface area contributed by atoms with Crippen LogP contribution >= 0.6 is 0 Å². The molecule has 1 saturated heterocycles. The van der Waals surface area contributed by atoms with Crippen LogP contribution in [0, 0.1) is 0 Å². The molecular weight excluding hydrogens is 230 g/mol. The zero-order chi connectivity index (χ0) is 12.8. The lowest BCUT2D eigenvalue weighted by molar-refractivity contribution is -0.140.